The maximum atomic E-state index is 12.2. The van der Waals surface area contributed by atoms with Gasteiger partial charge in [0.15, 0.2) is 16.6 Å². The van der Waals surface area contributed by atoms with Crippen molar-refractivity contribution in [1.82, 2.24) is 5.32 Å². The highest BCUT2D eigenvalue weighted by molar-refractivity contribution is 7.80. The van der Waals surface area contributed by atoms with Crippen molar-refractivity contribution in [3.05, 3.63) is 54.1 Å². The number of methoxy groups -OCH3 is 2. The van der Waals surface area contributed by atoms with E-state index in [1.807, 2.05) is 30.3 Å². The Morgan fingerprint density at radius 1 is 1.19 bits per heavy atom. The van der Waals surface area contributed by atoms with E-state index in [-0.39, 0.29) is 17.1 Å². The monoisotopic (exact) mass is 442 g/mol. The van der Waals surface area contributed by atoms with Gasteiger partial charge in [-0.1, -0.05) is 12.1 Å². The maximum Gasteiger partial charge on any atom is 0.250 e. The Morgan fingerprint density at radius 2 is 2.03 bits per heavy atom. The Bertz CT molecular complexity index is 941. The van der Waals surface area contributed by atoms with Gasteiger partial charge in [0.1, 0.15) is 12.4 Å². The quantitative estimate of drug-likeness (QED) is 0.476. The number of carbonyl (C=O) groups is 1. The molecule has 1 amide bonds. The molecule has 2 N–H and O–H groups in total. The zero-order valence-electron chi connectivity index (χ0n) is 17.6. The van der Waals surface area contributed by atoms with Gasteiger partial charge < -0.3 is 24.3 Å². The van der Waals surface area contributed by atoms with Crippen LogP contribution in [0, 0.1) is 0 Å². The van der Waals surface area contributed by atoms with E-state index in [1.54, 1.807) is 32.4 Å². The van der Waals surface area contributed by atoms with E-state index in [1.165, 1.54) is 6.08 Å². The standard InChI is InChI=1S/C23H26N2O5S/c1-27-20-10-8-16(13-21(20)28-2)9-11-22(26)25-23(31)24-17-5-3-6-18(14-17)30-15-19-7-4-12-29-19/h3,5-6,8-11,13-14,19H,4,7,12,15H2,1-2H3,(H2,24,25,26,31)/b11-9+. The highest BCUT2D eigenvalue weighted by Gasteiger charge is 2.16. The molecule has 1 unspecified atom stereocenters. The summed E-state index contributed by atoms with van der Waals surface area (Å²) in [5.41, 5.74) is 1.52. The lowest BCUT2D eigenvalue weighted by Gasteiger charge is -2.13. The molecule has 1 aliphatic heterocycles. The number of carbonyl (C=O) groups excluding carboxylic acids is 1. The summed E-state index contributed by atoms with van der Waals surface area (Å²) in [6.45, 7) is 1.32. The zero-order valence-corrected chi connectivity index (χ0v) is 18.4. The van der Waals surface area contributed by atoms with Crippen molar-refractivity contribution in [2.75, 3.05) is 32.8 Å². The highest BCUT2D eigenvalue weighted by Crippen LogP contribution is 2.28. The maximum absolute atomic E-state index is 12.2. The molecule has 8 heteroatoms. The molecule has 1 heterocycles. The summed E-state index contributed by atoms with van der Waals surface area (Å²) in [5, 5.41) is 5.81. The van der Waals surface area contributed by atoms with E-state index in [0.717, 1.165) is 30.7 Å². The summed E-state index contributed by atoms with van der Waals surface area (Å²) in [6, 6.07) is 12.8. The lowest BCUT2D eigenvalue weighted by atomic mass is 10.2. The van der Waals surface area contributed by atoms with Gasteiger partial charge in [-0.2, -0.15) is 0 Å². The van der Waals surface area contributed by atoms with E-state index in [0.29, 0.717) is 23.9 Å². The molecule has 0 radical (unpaired) electrons. The third-order valence-electron chi connectivity index (χ3n) is 4.62. The first kappa shape index (κ1) is 22.6. The van der Waals surface area contributed by atoms with Crippen molar-refractivity contribution >= 4 is 35.0 Å². The molecule has 3 rings (SSSR count). The first-order chi connectivity index (χ1) is 15.1. The Balaban J connectivity index is 1.50. The van der Waals surface area contributed by atoms with E-state index in [2.05, 4.69) is 10.6 Å². The average molecular weight is 443 g/mol. The molecular weight excluding hydrogens is 416 g/mol. The van der Waals surface area contributed by atoms with Gasteiger partial charge in [-0.3, -0.25) is 10.1 Å². The molecule has 2 aromatic rings. The van der Waals surface area contributed by atoms with Crippen LogP contribution < -0.4 is 24.8 Å². The molecule has 1 saturated heterocycles. The number of anilines is 1. The van der Waals surface area contributed by atoms with Crippen molar-refractivity contribution in [1.29, 1.82) is 0 Å². The zero-order chi connectivity index (χ0) is 22.1. The van der Waals surface area contributed by atoms with Crippen molar-refractivity contribution < 1.29 is 23.7 Å². The fourth-order valence-corrected chi connectivity index (χ4v) is 3.29. The number of rotatable bonds is 8. The normalized spacial score (nSPS) is 15.5. The highest BCUT2D eigenvalue weighted by atomic mass is 32.1. The topological polar surface area (TPSA) is 78.1 Å². The molecule has 0 spiro atoms. The minimum Gasteiger partial charge on any atom is -0.493 e. The first-order valence-electron chi connectivity index (χ1n) is 9.94. The number of nitrogens with one attached hydrogen (secondary N) is 2. The van der Waals surface area contributed by atoms with Crippen LogP contribution in [0.1, 0.15) is 18.4 Å². The smallest absolute Gasteiger partial charge is 0.250 e. The van der Waals surface area contributed by atoms with Gasteiger partial charge in [0.2, 0.25) is 5.91 Å². The lowest BCUT2D eigenvalue weighted by molar-refractivity contribution is -0.115. The summed E-state index contributed by atoms with van der Waals surface area (Å²) in [5.74, 6) is 1.57. The lowest BCUT2D eigenvalue weighted by Crippen LogP contribution is -2.32. The van der Waals surface area contributed by atoms with E-state index in [9.17, 15) is 4.79 Å². The predicted octanol–water partition coefficient (Wildman–Crippen LogP) is 3.79. The summed E-state index contributed by atoms with van der Waals surface area (Å²) in [4.78, 5) is 12.2. The number of hydrogen-bond acceptors (Lipinski definition) is 6. The van der Waals surface area contributed by atoms with Gasteiger partial charge in [-0.15, -0.1) is 0 Å². The number of amides is 1. The van der Waals surface area contributed by atoms with Crippen molar-refractivity contribution in [3.8, 4) is 17.2 Å². The molecular formula is C23H26N2O5S. The summed E-state index contributed by atoms with van der Waals surface area (Å²) in [6.07, 6.45) is 5.31. The van der Waals surface area contributed by atoms with E-state index < -0.39 is 0 Å². The molecule has 1 atom stereocenters. The molecule has 0 aliphatic carbocycles. The van der Waals surface area contributed by atoms with Crippen molar-refractivity contribution in [2.45, 2.75) is 18.9 Å². The van der Waals surface area contributed by atoms with Gasteiger partial charge in [-0.25, -0.2) is 0 Å². The minimum atomic E-state index is -0.349. The molecule has 2 aromatic carbocycles. The van der Waals surface area contributed by atoms with Crippen LogP contribution in [-0.2, 0) is 9.53 Å². The molecule has 1 aliphatic rings. The second-order valence-electron chi connectivity index (χ2n) is 6.86. The minimum absolute atomic E-state index is 0.148. The van der Waals surface area contributed by atoms with Crippen LogP contribution >= 0.6 is 12.2 Å². The van der Waals surface area contributed by atoms with E-state index >= 15 is 0 Å². The third kappa shape index (κ3) is 6.97. The second kappa shape index (κ2) is 11.3. The number of thiocarbonyl (C=S) groups is 1. The third-order valence-corrected chi connectivity index (χ3v) is 4.83. The Hall–Kier alpha value is -3.10. The number of ether oxygens (including phenoxy) is 4. The molecule has 0 saturated carbocycles. The molecule has 0 aromatic heterocycles. The van der Waals surface area contributed by atoms with Gasteiger partial charge in [0, 0.05) is 24.4 Å². The largest absolute Gasteiger partial charge is 0.493 e. The van der Waals surface area contributed by atoms with Gasteiger partial charge in [0.05, 0.1) is 20.3 Å². The summed E-state index contributed by atoms with van der Waals surface area (Å²) >= 11 is 5.24. The fraction of sp³-hybridized carbons (Fsp3) is 0.304. The molecule has 31 heavy (non-hydrogen) atoms. The Kier molecular flexibility index (Phi) is 8.26. The van der Waals surface area contributed by atoms with Gasteiger partial charge in [-0.05, 0) is 61.0 Å². The van der Waals surface area contributed by atoms with Gasteiger partial charge in [0.25, 0.3) is 0 Å². The summed E-state index contributed by atoms with van der Waals surface area (Å²) < 4.78 is 21.8. The van der Waals surface area contributed by atoms with Crippen LogP contribution in [0.2, 0.25) is 0 Å². The molecule has 164 valence electrons. The van der Waals surface area contributed by atoms with E-state index in [4.69, 9.17) is 31.2 Å². The Labute approximate surface area is 187 Å². The van der Waals surface area contributed by atoms with Gasteiger partial charge >= 0.3 is 0 Å². The first-order valence-corrected chi connectivity index (χ1v) is 10.3. The average Bonchev–Trinajstić information content (AvgIpc) is 3.30. The van der Waals surface area contributed by atoms with Crippen LogP contribution in [-0.4, -0.2) is 44.6 Å². The number of hydrogen-bond donors (Lipinski definition) is 2. The van der Waals surface area contributed by atoms with Crippen molar-refractivity contribution in [3.63, 3.8) is 0 Å². The predicted molar refractivity (Wildman–Crippen MR) is 124 cm³/mol. The molecule has 0 bridgehead atoms. The van der Waals surface area contributed by atoms with Crippen LogP contribution in [0.4, 0.5) is 5.69 Å². The van der Waals surface area contributed by atoms with Crippen LogP contribution in [0.25, 0.3) is 6.08 Å². The SMILES string of the molecule is COc1ccc(/C=C/C(=O)NC(=S)Nc2cccc(OCC3CCCO3)c2)cc1OC. The number of benzene rings is 2. The van der Waals surface area contributed by atoms with Crippen molar-refractivity contribution in [2.24, 2.45) is 0 Å². The molecule has 1 fully saturated rings. The fourth-order valence-electron chi connectivity index (χ4n) is 3.07. The summed E-state index contributed by atoms with van der Waals surface area (Å²) in [7, 11) is 3.13. The van der Waals surface area contributed by atoms with Crippen LogP contribution in [0.5, 0.6) is 17.2 Å². The van der Waals surface area contributed by atoms with Crippen LogP contribution in [0.15, 0.2) is 48.5 Å². The Morgan fingerprint density at radius 3 is 2.77 bits per heavy atom. The molecule has 7 nitrogen and oxygen atoms in total. The van der Waals surface area contributed by atoms with Crippen LogP contribution in [0.3, 0.4) is 0 Å². The second-order valence-corrected chi connectivity index (χ2v) is 7.27.